The minimum Gasteiger partial charge on any atom is -0.301 e. The van der Waals surface area contributed by atoms with E-state index >= 15 is 0 Å². The van der Waals surface area contributed by atoms with Crippen LogP contribution in [0.25, 0.3) is 6.08 Å². The van der Waals surface area contributed by atoms with Gasteiger partial charge in [-0.2, -0.15) is 0 Å². The van der Waals surface area contributed by atoms with Crippen LogP contribution in [0.3, 0.4) is 0 Å². The molecule has 2 N–H and O–H groups in total. The van der Waals surface area contributed by atoms with Gasteiger partial charge in [0, 0.05) is 37.0 Å². The summed E-state index contributed by atoms with van der Waals surface area (Å²) in [6.45, 7) is 6.27. The Kier molecular flexibility index (Phi) is 5.18. The van der Waals surface area contributed by atoms with E-state index in [1.807, 2.05) is 0 Å². The van der Waals surface area contributed by atoms with E-state index in [9.17, 15) is 19.2 Å². The molecule has 128 valence electrons. The lowest BCUT2D eigenvalue weighted by atomic mass is 10.0. The van der Waals surface area contributed by atoms with Gasteiger partial charge in [-0.15, -0.1) is 0 Å². The molecule has 2 aromatic rings. The van der Waals surface area contributed by atoms with Crippen LogP contribution in [0.2, 0.25) is 0 Å². The van der Waals surface area contributed by atoms with Gasteiger partial charge in [0.05, 0.1) is 5.56 Å². The number of allylic oxidation sites excluding steroid dienone is 1. The van der Waals surface area contributed by atoms with E-state index in [4.69, 9.17) is 0 Å². The number of aromatic amines is 2. The second-order valence-corrected chi connectivity index (χ2v) is 5.41. The highest BCUT2D eigenvalue weighted by molar-refractivity contribution is 5.48. The van der Waals surface area contributed by atoms with Crippen molar-refractivity contribution in [3.63, 3.8) is 0 Å². The highest BCUT2D eigenvalue weighted by Gasteiger charge is 2.10. The Balaban J connectivity index is 2.40. The number of nitrogens with zero attached hydrogens (tertiary/aromatic N) is 2. The standard InChI is InChI=1S/C16H20N4O4/c1-4-19-8-11(13(21)17-15(19)23)7-6-10(3)12-9-20(5-2)16(24)18-14(12)22/h6-10H,4-5H2,1-3H3,(H,17,21,23)(H,18,22,24)/b7-6+/t10-/m1/s1. The van der Waals surface area contributed by atoms with Crippen LogP contribution in [-0.2, 0) is 13.1 Å². The average molecular weight is 332 g/mol. The van der Waals surface area contributed by atoms with E-state index in [0.29, 0.717) is 24.2 Å². The molecule has 0 aliphatic rings. The van der Waals surface area contributed by atoms with Crippen molar-refractivity contribution in [2.75, 3.05) is 0 Å². The number of H-pyrrole nitrogens is 2. The molecular weight excluding hydrogens is 312 g/mol. The first-order valence-electron chi connectivity index (χ1n) is 7.73. The Hall–Kier alpha value is -2.90. The normalized spacial score (nSPS) is 12.6. The average Bonchev–Trinajstić information content (AvgIpc) is 2.54. The molecule has 0 bridgehead atoms. The molecule has 0 amide bonds. The van der Waals surface area contributed by atoms with Gasteiger partial charge in [0.2, 0.25) is 0 Å². The Bertz CT molecular complexity index is 991. The van der Waals surface area contributed by atoms with Crippen LogP contribution >= 0.6 is 0 Å². The van der Waals surface area contributed by atoms with Crippen molar-refractivity contribution in [2.24, 2.45) is 0 Å². The molecule has 0 saturated carbocycles. The molecule has 0 aromatic carbocycles. The van der Waals surface area contributed by atoms with Gasteiger partial charge in [-0.05, 0) is 13.8 Å². The van der Waals surface area contributed by atoms with E-state index in [2.05, 4.69) is 9.97 Å². The third-order valence-electron chi connectivity index (χ3n) is 3.81. The maximum Gasteiger partial charge on any atom is 0.328 e. The monoisotopic (exact) mass is 332 g/mol. The third kappa shape index (κ3) is 3.53. The summed E-state index contributed by atoms with van der Waals surface area (Å²) in [6.07, 6.45) is 6.25. The van der Waals surface area contributed by atoms with Gasteiger partial charge in [-0.1, -0.05) is 19.1 Å². The molecule has 0 fully saturated rings. The Labute approximate surface area is 137 Å². The summed E-state index contributed by atoms with van der Waals surface area (Å²) in [6, 6.07) is 0. The maximum absolute atomic E-state index is 12.0. The fourth-order valence-electron chi connectivity index (χ4n) is 2.32. The van der Waals surface area contributed by atoms with Crippen LogP contribution in [-0.4, -0.2) is 19.1 Å². The highest BCUT2D eigenvalue weighted by atomic mass is 16.2. The van der Waals surface area contributed by atoms with Crippen molar-refractivity contribution in [3.05, 3.63) is 71.3 Å². The van der Waals surface area contributed by atoms with Gasteiger partial charge >= 0.3 is 11.4 Å². The van der Waals surface area contributed by atoms with E-state index in [0.717, 1.165) is 0 Å². The number of aryl methyl sites for hydroxylation is 2. The Morgan fingerprint density at radius 2 is 1.50 bits per heavy atom. The van der Waals surface area contributed by atoms with Gasteiger partial charge in [0.1, 0.15) is 0 Å². The zero-order valence-corrected chi connectivity index (χ0v) is 13.8. The molecular formula is C16H20N4O4. The maximum atomic E-state index is 12.0. The first-order valence-corrected chi connectivity index (χ1v) is 7.73. The van der Waals surface area contributed by atoms with Crippen LogP contribution < -0.4 is 22.5 Å². The van der Waals surface area contributed by atoms with Crippen molar-refractivity contribution in [3.8, 4) is 0 Å². The minimum absolute atomic E-state index is 0.312. The van der Waals surface area contributed by atoms with Gasteiger partial charge in [0.15, 0.2) is 0 Å². The number of rotatable bonds is 5. The van der Waals surface area contributed by atoms with Crippen molar-refractivity contribution in [1.82, 2.24) is 19.1 Å². The fourth-order valence-corrected chi connectivity index (χ4v) is 2.32. The first-order chi connectivity index (χ1) is 11.4. The van der Waals surface area contributed by atoms with Gasteiger partial charge in [-0.3, -0.25) is 19.6 Å². The molecule has 2 heterocycles. The molecule has 2 aromatic heterocycles. The highest BCUT2D eigenvalue weighted by Crippen LogP contribution is 2.12. The van der Waals surface area contributed by atoms with E-state index in [1.165, 1.54) is 21.5 Å². The second kappa shape index (κ2) is 7.12. The number of nitrogens with one attached hydrogen (secondary N) is 2. The molecule has 0 saturated heterocycles. The second-order valence-electron chi connectivity index (χ2n) is 5.41. The fraction of sp³-hybridized carbons (Fsp3) is 0.375. The first kappa shape index (κ1) is 17.5. The van der Waals surface area contributed by atoms with Crippen molar-refractivity contribution in [1.29, 1.82) is 0 Å². The van der Waals surface area contributed by atoms with Crippen molar-refractivity contribution < 1.29 is 0 Å². The molecule has 1 atom stereocenters. The molecule has 8 heteroatoms. The van der Waals surface area contributed by atoms with Crippen LogP contribution in [0.4, 0.5) is 0 Å². The largest absolute Gasteiger partial charge is 0.328 e. The SMILES string of the molecule is CCn1cc(/C=C/[C@@H](C)c2cn(CC)c(=O)[nH]c2=O)c(=O)[nH]c1=O. The molecule has 0 aliphatic carbocycles. The van der Waals surface area contributed by atoms with E-state index in [1.54, 1.807) is 32.9 Å². The number of hydrogen-bond acceptors (Lipinski definition) is 4. The third-order valence-corrected chi connectivity index (χ3v) is 3.81. The molecule has 2 rings (SSSR count). The summed E-state index contributed by atoms with van der Waals surface area (Å²) in [7, 11) is 0. The molecule has 0 spiro atoms. The van der Waals surface area contributed by atoms with Crippen LogP contribution in [0.1, 0.15) is 37.8 Å². The van der Waals surface area contributed by atoms with Crippen LogP contribution in [0.5, 0.6) is 0 Å². The predicted molar refractivity (Wildman–Crippen MR) is 91.4 cm³/mol. The summed E-state index contributed by atoms with van der Waals surface area (Å²) in [5.41, 5.74) is -1.10. The topological polar surface area (TPSA) is 110 Å². The predicted octanol–water partition coefficient (Wildman–Crippen LogP) is 0.243. The van der Waals surface area contributed by atoms with Gasteiger partial charge < -0.3 is 9.13 Å². The lowest BCUT2D eigenvalue weighted by Crippen LogP contribution is -2.32. The summed E-state index contributed by atoms with van der Waals surface area (Å²) in [4.78, 5) is 51.4. The number of aromatic nitrogens is 4. The lowest BCUT2D eigenvalue weighted by Gasteiger charge is -2.08. The van der Waals surface area contributed by atoms with Gasteiger partial charge in [0.25, 0.3) is 11.1 Å². The Morgan fingerprint density at radius 1 is 0.958 bits per heavy atom. The number of hydrogen-bond donors (Lipinski definition) is 2. The van der Waals surface area contributed by atoms with Crippen LogP contribution in [0, 0.1) is 0 Å². The molecule has 0 radical (unpaired) electrons. The van der Waals surface area contributed by atoms with E-state index in [-0.39, 0.29) is 5.92 Å². The summed E-state index contributed by atoms with van der Waals surface area (Å²) < 4.78 is 2.79. The molecule has 0 aliphatic heterocycles. The van der Waals surface area contributed by atoms with Crippen molar-refractivity contribution >= 4 is 6.08 Å². The summed E-state index contributed by atoms with van der Waals surface area (Å²) in [5, 5.41) is 0. The van der Waals surface area contributed by atoms with E-state index < -0.39 is 22.5 Å². The van der Waals surface area contributed by atoms with Gasteiger partial charge in [-0.25, -0.2) is 9.59 Å². The molecule has 8 nitrogen and oxygen atoms in total. The molecule has 24 heavy (non-hydrogen) atoms. The smallest absolute Gasteiger partial charge is 0.301 e. The quantitative estimate of drug-likeness (QED) is 0.817. The Morgan fingerprint density at radius 3 is 2.08 bits per heavy atom. The zero-order chi connectivity index (χ0) is 17.9. The lowest BCUT2D eigenvalue weighted by molar-refractivity contribution is 0.676. The minimum atomic E-state index is -0.486. The van der Waals surface area contributed by atoms with Crippen molar-refractivity contribution in [2.45, 2.75) is 39.8 Å². The zero-order valence-electron chi connectivity index (χ0n) is 13.8. The summed E-state index contributed by atoms with van der Waals surface area (Å²) in [5.74, 6) is -0.312. The molecule has 0 unspecified atom stereocenters. The summed E-state index contributed by atoms with van der Waals surface area (Å²) >= 11 is 0. The van der Waals surface area contributed by atoms with Crippen LogP contribution in [0.15, 0.2) is 37.6 Å².